The number of hydrogen-bond donors (Lipinski definition) is 1. The number of thioether (sulfide) groups is 1. The van der Waals surface area contributed by atoms with Crippen LogP contribution >= 0.6 is 11.8 Å². The van der Waals surface area contributed by atoms with Crippen molar-refractivity contribution in [1.82, 2.24) is 29.7 Å². The Labute approximate surface area is 232 Å². The number of carbonyl (C=O) groups is 3. The number of amides is 3. The third-order valence-electron chi connectivity index (χ3n) is 8.50. The van der Waals surface area contributed by atoms with Gasteiger partial charge in [-0.3, -0.25) is 14.4 Å². The van der Waals surface area contributed by atoms with Crippen molar-refractivity contribution >= 4 is 40.5 Å². The second-order valence-corrected chi connectivity index (χ2v) is 12.2. The molecule has 2 unspecified atom stereocenters. The van der Waals surface area contributed by atoms with Gasteiger partial charge in [-0.15, -0.1) is 30.0 Å². The second-order valence-electron chi connectivity index (χ2n) is 10.6. The minimum atomic E-state index is -0.806. The van der Waals surface area contributed by atoms with Crippen LogP contribution in [-0.4, -0.2) is 101 Å². The Hall–Kier alpha value is -3.18. The van der Waals surface area contributed by atoms with Crippen molar-refractivity contribution in [1.29, 1.82) is 0 Å². The zero-order valence-electron chi connectivity index (χ0n) is 22.5. The van der Waals surface area contributed by atoms with Crippen LogP contribution in [-0.2, 0) is 21.1 Å². The maximum atomic E-state index is 14.5. The summed E-state index contributed by atoms with van der Waals surface area (Å²) in [6.45, 7) is 10.0. The second kappa shape index (κ2) is 10.8. The normalized spacial score (nSPS) is 28.0. The summed E-state index contributed by atoms with van der Waals surface area (Å²) in [6.07, 6.45) is 5.24. The molecule has 0 saturated carbocycles. The molecule has 11 heteroatoms. The summed E-state index contributed by atoms with van der Waals surface area (Å²) in [5, 5.41) is 18.7. The molecule has 10 nitrogen and oxygen atoms in total. The molecule has 2 bridgehead atoms. The maximum absolute atomic E-state index is 14.5. The van der Waals surface area contributed by atoms with Gasteiger partial charge in [-0.25, -0.2) is 4.68 Å². The first-order valence-corrected chi connectivity index (χ1v) is 14.4. The highest BCUT2D eigenvalue weighted by Gasteiger charge is 2.74. The molecule has 3 aliphatic rings. The fourth-order valence-corrected chi connectivity index (χ4v) is 8.92. The van der Waals surface area contributed by atoms with E-state index in [1.165, 1.54) is 0 Å². The van der Waals surface area contributed by atoms with Gasteiger partial charge < -0.3 is 19.8 Å². The first-order valence-electron chi connectivity index (χ1n) is 13.5. The van der Waals surface area contributed by atoms with Crippen LogP contribution in [0.5, 0.6) is 0 Å². The molecule has 39 heavy (non-hydrogen) atoms. The lowest BCUT2D eigenvalue weighted by atomic mass is 9.70. The van der Waals surface area contributed by atoms with Gasteiger partial charge in [0.2, 0.25) is 17.7 Å². The van der Waals surface area contributed by atoms with E-state index < -0.39 is 28.7 Å². The predicted octanol–water partition coefficient (Wildman–Crippen LogP) is 1.91. The molecule has 1 spiro atoms. The number of aliphatic hydroxyl groups excluding tert-OH is 1. The Bertz CT molecular complexity index is 1290. The zero-order valence-corrected chi connectivity index (χ0v) is 23.3. The molecule has 3 aliphatic heterocycles. The first kappa shape index (κ1) is 27.4. The van der Waals surface area contributed by atoms with E-state index in [4.69, 9.17) is 0 Å². The van der Waals surface area contributed by atoms with Crippen LogP contribution in [0, 0.1) is 11.8 Å². The van der Waals surface area contributed by atoms with Gasteiger partial charge >= 0.3 is 0 Å². The molecule has 2 aromatic rings. The Morgan fingerprint density at radius 3 is 2.69 bits per heavy atom. The Kier molecular flexibility index (Phi) is 7.56. The van der Waals surface area contributed by atoms with Gasteiger partial charge in [0.15, 0.2) is 0 Å². The van der Waals surface area contributed by atoms with Crippen LogP contribution in [0.15, 0.2) is 49.6 Å². The molecule has 0 aliphatic carbocycles. The summed E-state index contributed by atoms with van der Waals surface area (Å²) >= 11 is 1.62. The third kappa shape index (κ3) is 4.26. The average molecular weight is 553 g/mol. The number of para-hydroxylation sites is 1. The lowest BCUT2D eigenvalue weighted by Gasteiger charge is -2.39. The van der Waals surface area contributed by atoms with E-state index in [2.05, 4.69) is 23.5 Å². The number of aliphatic hydroxyl groups is 1. The van der Waals surface area contributed by atoms with Gasteiger partial charge in [0.25, 0.3) is 0 Å². The molecule has 4 heterocycles. The third-order valence-corrected chi connectivity index (χ3v) is 10.4. The van der Waals surface area contributed by atoms with Crippen molar-refractivity contribution in [3.63, 3.8) is 0 Å². The highest BCUT2D eigenvalue weighted by molar-refractivity contribution is 8.02. The Balaban J connectivity index is 1.54. The van der Waals surface area contributed by atoms with Gasteiger partial charge in [0.05, 0.1) is 34.7 Å². The van der Waals surface area contributed by atoms with Crippen molar-refractivity contribution in [3.05, 3.63) is 49.6 Å². The molecule has 3 saturated heterocycles. The molecule has 5 rings (SSSR count). The van der Waals surface area contributed by atoms with Gasteiger partial charge in [0, 0.05) is 25.4 Å². The fourth-order valence-electron chi connectivity index (χ4n) is 6.73. The molecular weight excluding hydrogens is 516 g/mol. The number of aromatic nitrogens is 3. The largest absolute Gasteiger partial charge is 0.394 e. The van der Waals surface area contributed by atoms with Crippen molar-refractivity contribution in [3.8, 4) is 0 Å². The Morgan fingerprint density at radius 1 is 1.26 bits per heavy atom. The number of carbonyl (C=O) groups excluding carboxylic acids is 3. The van der Waals surface area contributed by atoms with E-state index in [1.54, 1.807) is 50.3 Å². The van der Waals surface area contributed by atoms with Crippen LogP contribution in [0.1, 0.15) is 26.2 Å². The van der Waals surface area contributed by atoms with Crippen LogP contribution in [0.25, 0.3) is 11.0 Å². The minimum Gasteiger partial charge on any atom is -0.394 e. The number of benzene rings is 1. The SMILES string of the molecule is C=CCN(C)C(=O)[C@@H]1[C@H]2C(=O)N([C@@H](CC)CO)C(C(=O)N(CC=C)Cn3nnc4ccccc43)C23CC[C@H]1S3. The number of fused-ring (bicyclic) bond motifs is 2. The Morgan fingerprint density at radius 2 is 2.00 bits per heavy atom. The van der Waals surface area contributed by atoms with Crippen molar-refractivity contribution < 1.29 is 19.5 Å². The van der Waals surface area contributed by atoms with E-state index in [0.29, 0.717) is 19.4 Å². The molecule has 0 radical (unpaired) electrons. The summed E-state index contributed by atoms with van der Waals surface area (Å²) in [7, 11) is 1.73. The van der Waals surface area contributed by atoms with E-state index in [1.807, 2.05) is 31.2 Å². The summed E-state index contributed by atoms with van der Waals surface area (Å²) in [5.74, 6) is -1.65. The quantitative estimate of drug-likeness (QED) is 0.424. The highest BCUT2D eigenvalue weighted by Crippen LogP contribution is 2.67. The minimum absolute atomic E-state index is 0.0301. The van der Waals surface area contributed by atoms with Crippen molar-refractivity contribution in [2.75, 3.05) is 26.7 Å². The van der Waals surface area contributed by atoms with Crippen LogP contribution in [0.4, 0.5) is 0 Å². The molecule has 3 fully saturated rings. The van der Waals surface area contributed by atoms with Crippen LogP contribution < -0.4 is 0 Å². The molecule has 3 amide bonds. The van der Waals surface area contributed by atoms with E-state index in [9.17, 15) is 19.5 Å². The summed E-state index contributed by atoms with van der Waals surface area (Å²) < 4.78 is 0.937. The van der Waals surface area contributed by atoms with Crippen LogP contribution in [0.3, 0.4) is 0 Å². The van der Waals surface area contributed by atoms with Crippen molar-refractivity contribution in [2.45, 2.75) is 54.9 Å². The maximum Gasteiger partial charge on any atom is 0.248 e. The highest BCUT2D eigenvalue weighted by atomic mass is 32.2. The monoisotopic (exact) mass is 552 g/mol. The molecular formula is C28H36N6O4S. The lowest BCUT2D eigenvalue weighted by molar-refractivity contribution is -0.147. The van der Waals surface area contributed by atoms with E-state index >= 15 is 0 Å². The number of likely N-dealkylation sites (N-methyl/N-ethyl adjacent to an activating group) is 1. The van der Waals surface area contributed by atoms with E-state index in [-0.39, 0.29) is 42.8 Å². The molecule has 1 N–H and O–H groups in total. The molecule has 1 aromatic carbocycles. The van der Waals surface area contributed by atoms with Crippen molar-refractivity contribution in [2.24, 2.45) is 11.8 Å². The molecule has 208 valence electrons. The number of nitrogens with zero attached hydrogens (tertiary/aromatic N) is 6. The topological polar surface area (TPSA) is 112 Å². The predicted molar refractivity (Wildman–Crippen MR) is 149 cm³/mol. The summed E-state index contributed by atoms with van der Waals surface area (Å²) in [4.78, 5) is 47.2. The van der Waals surface area contributed by atoms with Crippen LogP contribution in [0.2, 0.25) is 0 Å². The smallest absolute Gasteiger partial charge is 0.248 e. The van der Waals surface area contributed by atoms with E-state index in [0.717, 1.165) is 17.5 Å². The van der Waals surface area contributed by atoms with Gasteiger partial charge in [-0.2, -0.15) is 0 Å². The lowest BCUT2D eigenvalue weighted by Crippen LogP contribution is -2.57. The number of likely N-dealkylation sites (tertiary alicyclic amines) is 1. The standard InChI is InChI=1S/C28H36N6O4S/c1-5-14-31(4)25(36)22-21-12-13-28(39-21)23(22)26(37)34(18(7-3)16-35)24(28)27(38)32(15-6-2)17-33-20-11-9-8-10-19(20)29-30-33/h5-6,8-11,18,21-24,35H,1-2,7,12-17H2,3-4H3/t18-,21+,22-,23-,24?,28?/m0/s1. The summed E-state index contributed by atoms with van der Waals surface area (Å²) in [6, 6.07) is 6.21. The first-order chi connectivity index (χ1) is 18.8. The van der Waals surface area contributed by atoms with Gasteiger partial charge in [0.1, 0.15) is 18.2 Å². The fraction of sp³-hybridized carbons (Fsp3) is 0.536. The average Bonchev–Trinajstić information content (AvgIpc) is 3.68. The molecule has 6 atom stereocenters. The molecule has 1 aromatic heterocycles. The summed E-state index contributed by atoms with van der Waals surface area (Å²) in [5.41, 5.74) is 1.52. The van der Waals surface area contributed by atoms with Gasteiger partial charge in [-0.1, -0.05) is 36.4 Å². The number of hydrogen-bond acceptors (Lipinski definition) is 7. The zero-order chi connectivity index (χ0) is 27.9. The number of rotatable bonds is 11. The van der Waals surface area contributed by atoms with Gasteiger partial charge in [-0.05, 0) is 31.4 Å².